The Kier molecular flexibility index (Phi) is 4.91. The van der Waals surface area contributed by atoms with Crippen molar-refractivity contribution < 1.29 is 4.39 Å². The molecular formula is C15H24FN3. The van der Waals surface area contributed by atoms with Crippen molar-refractivity contribution >= 4 is 0 Å². The Bertz CT molecular complexity index is 383. The van der Waals surface area contributed by atoms with E-state index in [1.807, 2.05) is 12.1 Å². The summed E-state index contributed by atoms with van der Waals surface area (Å²) in [6.45, 7) is 2.70. The van der Waals surface area contributed by atoms with Crippen LogP contribution in [-0.2, 0) is 0 Å². The largest absolute Gasteiger partial charge is 0.329 e. The lowest BCUT2D eigenvalue weighted by Crippen LogP contribution is -2.45. The highest BCUT2D eigenvalue weighted by Gasteiger charge is 2.26. The summed E-state index contributed by atoms with van der Waals surface area (Å²) in [6, 6.07) is 7.62. The van der Waals surface area contributed by atoms with Crippen LogP contribution < -0.4 is 5.73 Å². The monoisotopic (exact) mass is 265 g/mol. The minimum Gasteiger partial charge on any atom is -0.329 e. The summed E-state index contributed by atoms with van der Waals surface area (Å²) in [5, 5.41) is 0. The smallest absolute Gasteiger partial charge is 0.123 e. The molecule has 0 radical (unpaired) electrons. The highest BCUT2D eigenvalue weighted by Crippen LogP contribution is 2.25. The SMILES string of the molecule is CN(C)C1CCN(C(CN)c2ccc(F)cc2)CC1. The van der Waals surface area contributed by atoms with E-state index >= 15 is 0 Å². The molecule has 0 amide bonds. The summed E-state index contributed by atoms with van der Waals surface area (Å²) in [4.78, 5) is 4.72. The first-order chi connectivity index (χ1) is 9.11. The first-order valence-corrected chi connectivity index (χ1v) is 6.98. The van der Waals surface area contributed by atoms with Gasteiger partial charge in [-0.1, -0.05) is 12.1 Å². The molecule has 0 spiro atoms. The van der Waals surface area contributed by atoms with Gasteiger partial charge in [0.25, 0.3) is 0 Å². The number of nitrogens with zero attached hydrogens (tertiary/aromatic N) is 2. The molecule has 1 saturated heterocycles. The number of rotatable bonds is 4. The fourth-order valence-electron chi connectivity index (χ4n) is 2.89. The van der Waals surface area contributed by atoms with Crippen LogP contribution in [0, 0.1) is 5.82 Å². The number of halogens is 1. The van der Waals surface area contributed by atoms with Crippen molar-refractivity contribution in [2.24, 2.45) is 5.73 Å². The van der Waals surface area contributed by atoms with Gasteiger partial charge in [0, 0.05) is 31.7 Å². The van der Waals surface area contributed by atoms with Crippen LogP contribution in [0.25, 0.3) is 0 Å². The molecule has 1 unspecified atom stereocenters. The molecule has 1 atom stereocenters. The van der Waals surface area contributed by atoms with Gasteiger partial charge in [0.1, 0.15) is 5.82 Å². The number of hydrogen-bond donors (Lipinski definition) is 1. The number of benzene rings is 1. The summed E-state index contributed by atoms with van der Waals surface area (Å²) in [7, 11) is 4.28. The lowest BCUT2D eigenvalue weighted by Gasteiger charge is -2.39. The Morgan fingerprint density at radius 3 is 2.32 bits per heavy atom. The third-order valence-corrected chi connectivity index (χ3v) is 4.15. The average Bonchev–Trinajstić information content (AvgIpc) is 2.42. The van der Waals surface area contributed by atoms with Crippen molar-refractivity contribution in [1.29, 1.82) is 0 Å². The van der Waals surface area contributed by atoms with Gasteiger partial charge in [0.2, 0.25) is 0 Å². The van der Waals surface area contributed by atoms with Gasteiger partial charge in [-0.25, -0.2) is 4.39 Å². The van der Waals surface area contributed by atoms with Gasteiger partial charge < -0.3 is 10.6 Å². The van der Waals surface area contributed by atoms with Crippen LogP contribution in [0.5, 0.6) is 0 Å². The number of nitrogens with two attached hydrogens (primary N) is 1. The van der Waals surface area contributed by atoms with Crippen LogP contribution in [-0.4, -0.2) is 49.6 Å². The lowest BCUT2D eigenvalue weighted by atomic mass is 9.98. The maximum atomic E-state index is 13.0. The summed E-state index contributed by atoms with van der Waals surface area (Å²) in [6.07, 6.45) is 2.34. The molecule has 3 nitrogen and oxygen atoms in total. The second kappa shape index (κ2) is 6.46. The summed E-state index contributed by atoms with van der Waals surface area (Å²) in [5.74, 6) is -0.189. The van der Waals surface area contributed by atoms with Crippen molar-refractivity contribution in [2.75, 3.05) is 33.7 Å². The molecule has 1 heterocycles. The van der Waals surface area contributed by atoms with E-state index in [2.05, 4.69) is 23.9 Å². The summed E-state index contributed by atoms with van der Waals surface area (Å²) >= 11 is 0. The second-order valence-electron chi connectivity index (χ2n) is 5.53. The van der Waals surface area contributed by atoms with Crippen LogP contribution in [0.3, 0.4) is 0 Å². The maximum absolute atomic E-state index is 13.0. The molecule has 0 aliphatic carbocycles. The molecular weight excluding hydrogens is 241 g/mol. The Morgan fingerprint density at radius 1 is 1.26 bits per heavy atom. The van der Waals surface area contributed by atoms with E-state index in [0.717, 1.165) is 18.7 Å². The Morgan fingerprint density at radius 2 is 1.84 bits per heavy atom. The van der Waals surface area contributed by atoms with Crippen molar-refractivity contribution in [1.82, 2.24) is 9.80 Å². The number of likely N-dealkylation sites (tertiary alicyclic amines) is 1. The molecule has 1 fully saturated rings. The molecule has 4 heteroatoms. The second-order valence-corrected chi connectivity index (χ2v) is 5.53. The number of piperidine rings is 1. The molecule has 19 heavy (non-hydrogen) atoms. The van der Waals surface area contributed by atoms with Crippen molar-refractivity contribution in [3.05, 3.63) is 35.6 Å². The highest BCUT2D eigenvalue weighted by atomic mass is 19.1. The van der Waals surface area contributed by atoms with Gasteiger partial charge in [0.15, 0.2) is 0 Å². The van der Waals surface area contributed by atoms with Crippen LogP contribution in [0.2, 0.25) is 0 Å². The number of hydrogen-bond acceptors (Lipinski definition) is 3. The predicted molar refractivity (Wildman–Crippen MR) is 76.5 cm³/mol. The third-order valence-electron chi connectivity index (χ3n) is 4.15. The molecule has 2 rings (SSSR count). The fourth-order valence-corrected chi connectivity index (χ4v) is 2.89. The van der Waals surface area contributed by atoms with E-state index in [1.54, 1.807) is 0 Å². The normalized spacial score (nSPS) is 19.8. The van der Waals surface area contributed by atoms with Gasteiger partial charge in [0.05, 0.1) is 0 Å². The molecule has 1 aromatic rings. The lowest BCUT2D eigenvalue weighted by molar-refractivity contribution is 0.111. The van der Waals surface area contributed by atoms with Crippen molar-refractivity contribution in [2.45, 2.75) is 24.9 Å². The summed E-state index contributed by atoms with van der Waals surface area (Å²) < 4.78 is 13.0. The van der Waals surface area contributed by atoms with Crippen LogP contribution >= 0.6 is 0 Å². The zero-order chi connectivity index (χ0) is 13.8. The summed E-state index contributed by atoms with van der Waals surface area (Å²) in [5.41, 5.74) is 7.04. The van der Waals surface area contributed by atoms with E-state index in [9.17, 15) is 4.39 Å². The molecule has 1 aliphatic rings. The quantitative estimate of drug-likeness (QED) is 0.902. The first kappa shape index (κ1) is 14.4. The molecule has 2 N–H and O–H groups in total. The minimum atomic E-state index is -0.189. The van der Waals surface area contributed by atoms with Crippen molar-refractivity contribution in [3.8, 4) is 0 Å². The topological polar surface area (TPSA) is 32.5 Å². The molecule has 0 saturated carbocycles. The molecule has 106 valence electrons. The predicted octanol–water partition coefficient (Wildman–Crippen LogP) is 1.85. The van der Waals surface area contributed by atoms with Crippen LogP contribution in [0.4, 0.5) is 4.39 Å². The maximum Gasteiger partial charge on any atom is 0.123 e. The first-order valence-electron chi connectivity index (χ1n) is 6.98. The molecule has 0 bridgehead atoms. The van der Waals surface area contributed by atoms with Gasteiger partial charge in [-0.15, -0.1) is 0 Å². The molecule has 0 aromatic heterocycles. The van der Waals surface area contributed by atoms with E-state index in [1.165, 1.54) is 25.0 Å². The van der Waals surface area contributed by atoms with Gasteiger partial charge >= 0.3 is 0 Å². The van der Waals surface area contributed by atoms with Gasteiger partial charge in [-0.05, 0) is 44.6 Å². The van der Waals surface area contributed by atoms with Gasteiger partial charge in [-0.3, -0.25) is 4.90 Å². The molecule has 1 aromatic carbocycles. The minimum absolute atomic E-state index is 0.189. The van der Waals surface area contributed by atoms with E-state index in [0.29, 0.717) is 12.6 Å². The van der Waals surface area contributed by atoms with E-state index in [-0.39, 0.29) is 11.9 Å². The van der Waals surface area contributed by atoms with Crippen molar-refractivity contribution in [3.63, 3.8) is 0 Å². The van der Waals surface area contributed by atoms with Gasteiger partial charge in [-0.2, -0.15) is 0 Å². The fraction of sp³-hybridized carbons (Fsp3) is 0.600. The zero-order valence-corrected chi connectivity index (χ0v) is 11.8. The Balaban J connectivity index is 2.01. The third kappa shape index (κ3) is 3.53. The van der Waals surface area contributed by atoms with Crippen LogP contribution in [0.1, 0.15) is 24.4 Å². The Hall–Kier alpha value is -0.970. The van der Waals surface area contributed by atoms with E-state index < -0.39 is 0 Å². The van der Waals surface area contributed by atoms with Crippen LogP contribution in [0.15, 0.2) is 24.3 Å². The Labute approximate surface area is 115 Å². The average molecular weight is 265 g/mol. The highest BCUT2D eigenvalue weighted by molar-refractivity contribution is 5.20. The van der Waals surface area contributed by atoms with E-state index in [4.69, 9.17) is 5.73 Å². The zero-order valence-electron chi connectivity index (χ0n) is 11.8. The standard InChI is InChI=1S/C15H24FN3/c1-18(2)14-7-9-19(10-8-14)15(11-17)12-3-5-13(16)6-4-12/h3-6,14-15H,7-11,17H2,1-2H3. The molecule has 1 aliphatic heterocycles.